The predicted octanol–water partition coefficient (Wildman–Crippen LogP) is 11.1. The van der Waals surface area contributed by atoms with Gasteiger partial charge in [-0.25, -0.2) is 0 Å². The Morgan fingerprint density at radius 1 is 0.643 bits per heavy atom. The number of ketones is 1. The minimum Gasteiger partial charge on any atom is -0.372 e. The van der Waals surface area contributed by atoms with Crippen molar-refractivity contribution in [3.05, 3.63) is 0 Å². The first-order valence-corrected chi connectivity index (χ1v) is 19.2. The molecule has 0 amide bonds. The Balaban J connectivity index is 2.20. The molecule has 0 aromatic rings. The molecule has 2 atom stereocenters. The molecule has 1 aliphatic rings. The second-order valence-electron chi connectivity index (χ2n) is 13.5. The van der Waals surface area contributed by atoms with Gasteiger partial charge in [0.1, 0.15) is 5.78 Å². The number of unbranched alkanes of at least 4 members (excludes halogenated alkanes) is 23. The number of rotatable bonds is 33. The number of nitrogens with two attached hydrogens (primary N) is 1. The molecule has 42 heavy (non-hydrogen) atoms. The van der Waals surface area contributed by atoms with Crippen molar-refractivity contribution in [2.75, 3.05) is 19.6 Å². The minimum absolute atomic E-state index is 0.111. The summed E-state index contributed by atoms with van der Waals surface area (Å²) >= 11 is 0. The monoisotopic (exact) mass is 590 g/mol. The van der Waals surface area contributed by atoms with Crippen LogP contribution >= 0.6 is 0 Å². The van der Waals surface area contributed by atoms with E-state index in [0.717, 1.165) is 45.2 Å². The Kier molecular flexibility index (Phi) is 28.1. The van der Waals surface area contributed by atoms with Gasteiger partial charge in [0.25, 0.3) is 0 Å². The average molecular weight is 590 g/mol. The summed E-state index contributed by atoms with van der Waals surface area (Å²) in [5.74, 6) is 2.15. The molecule has 0 fully saturated rings. The Morgan fingerprint density at radius 2 is 1.07 bits per heavy atom. The molecule has 4 nitrogen and oxygen atoms in total. The van der Waals surface area contributed by atoms with E-state index in [-0.39, 0.29) is 5.92 Å². The van der Waals surface area contributed by atoms with E-state index < -0.39 is 0 Å². The summed E-state index contributed by atoms with van der Waals surface area (Å²) in [7, 11) is 0. The highest BCUT2D eigenvalue weighted by atomic mass is 16.1. The minimum atomic E-state index is 0.111. The van der Waals surface area contributed by atoms with Crippen LogP contribution in [0.2, 0.25) is 0 Å². The third-order valence-corrected chi connectivity index (χ3v) is 9.56. The van der Waals surface area contributed by atoms with E-state index in [0.29, 0.717) is 18.2 Å². The van der Waals surface area contributed by atoms with E-state index in [2.05, 4.69) is 19.2 Å². The molecule has 1 aliphatic heterocycles. The smallest absolute Gasteiger partial charge is 0.136 e. The highest BCUT2D eigenvalue weighted by molar-refractivity contribution is 5.87. The van der Waals surface area contributed by atoms with E-state index in [1.54, 1.807) is 0 Å². The molecule has 0 aromatic heterocycles. The molecule has 0 saturated heterocycles. The second kappa shape index (κ2) is 30.1. The molecule has 1 rings (SSSR count). The molecule has 0 spiro atoms. The first kappa shape index (κ1) is 39.1. The van der Waals surface area contributed by atoms with Crippen molar-refractivity contribution in [2.24, 2.45) is 22.6 Å². The van der Waals surface area contributed by atoms with Gasteiger partial charge in [0.15, 0.2) is 0 Å². The Bertz CT molecular complexity index is 619. The molecule has 0 bridgehead atoms. The third kappa shape index (κ3) is 22.6. The number of amidine groups is 1. The predicted molar refractivity (Wildman–Crippen MR) is 187 cm³/mol. The Hall–Kier alpha value is -0.900. The molecule has 0 aromatic carbocycles. The standard InChI is InChI=1S/C38H75N3O/c1-3-5-7-9-11-13-15-17-19-21-23-25-27-29-37(42)35(30-31-39)34-36(38-40-32-33-41-38)28-26-24-22-20-18-16-14-12-10-8-6-4-2/h35-36H,3-34,39H2,1-2H3,(H,40,41). The highest BCUT2D eigenvalue weighted by Crippen LogP contribution is 2.26. The molecule has 0 saturated carbocycles. The molecule has 0 aliphatic carbocycles. The van der Waals surface area contributed by atoms with Crippen LogP contribution in [-0.4, -0.2) is 31.3 Å². The van der Waals surface area contributed by atoms with Crippen LogP contribution in [0.25, 0.3) is 0 Å². The number of carbonyl (C=O) groups excluding carboxylic acids is 1. The number of carbonyl (C=O) groups is 1. The summed E-state index contributed by atoms with van der Waals surface area (Å²) in [6, 6.07) is 0. The lowest BCUT2D eigenvalue weighted by Crippen LogP contribution is -2.31. The lowest BCUT2D eigenvalue weighted by Gasteiger charge is -2.23. The van der Waals surface area contributed by atoms with Gasteiger partial charge in [0.05, 0.1) is 12.4 Å². The Morgan fingerprint density at radius 3 is 1.48 bits per heavy atom. The van der Waals surface area contributed by atoms with E-state index in [4.69, 9.17) is 10.7 Å². The number of nitrogens with one attached hydrogen (secondary N) is 1. The summed E-state index contributed by atoms with van der Waals surface area (Å²) in [6.45, 7) is 7.03. The third-order valence-electron chi connectivity index (χ3n) is 9.56. The summed E-state index contributed by atoms with van der Waals surface area (Å²) in [6.07, 6.45) is 37.8. The number of Topliss-reactive ketones (excluding diaryl/α,β-unsaturated/α-hetero) is 1. The maximum Gasteiger partial charge on any atom is 0.136 e. The molecular formula is C38H75N3O. The molecule has 1 heterocycles. The van der Waals surface area contributed by atoms with Crippen LogP contribution in [0.5, 0.6) is 0 Å². The summed E-state index contributed by atoms with van der Waals surface area (Å²) in [5, 5.41) is 3.54. The fourth-order valence-corrected chi connectivity index (χ4v) is 6.76. The first-order valence-electron chi connectivity index (χ1n) is 19.2. The van der Waals surface area contributed by atoms with Crippen LogP contribution in [0.3, 0.4) is 0 Å². The Labute approximate surface area is 263 Å². The second-order valence-corrected chi connectivity index (χ2v) is 13.5. The zero-order valence-electron chi connectivity index (χ0n) is 28.7. The maximum absolute atomic E-state index is 13.2. The number of nitrogens with zero attached hydrogens (tertiary/aromatic N) is 1. The van der Waals surface area contributed by atoms with Crippen molar-refractivity contribution in [3.8, 4) is 0 Å². The van der Waals surface area contributed by atoms with Crippen LogP contribution in [0.15, 0.2) is 4.99 Å². The van der Waals surface area contributed by atoms with Gasteiger partial charge in [0.2, 0.25) is 0 Å². The van der Waals surface area contributed by atoms with E-state index in [1.165, 1.54) is 160 Å². The maximum atomic E-state index is 13.2. The van der Waals surface area contributed by atoms with Gasteiger partial charge in [-0.05, 0) is 32.2 Å². The fraction of sp³-hybridized carbons (Fsp3) is 0.947. The lowest BCUT2D eigenvalue weighted by atomic mass is 9.83. The van der Waals surface area contributed by atoms with E-state index >= 15 is 0 Å². The SMILES string of the molecule is CCCCCCCCCCCCCCCC(=O)C(CCN)CC(CCCCCCCCCCCCCC)C1=NCCN1. The van der Waals surface area contributed by atoms with Crippen molar-refractivity contribution >= 4 is 11.6 Å². The van der Waals surface area contributed by atoms with Crippen LogP contribution in [0, 0.1) is 11.8 Å². The largest absolute Gasteiger partial charge is 0.372 e. The van der Waals surface area contributed by atoms with Gasteiger partial charge >= 0.3 is 0 Å². The summed E-state index contributed by atoms with van der Waals surface area (Å²) in [4.78, 5) is 18.0. The number of hydrogen-bond acceptors (Lipinski definition) is 4. The van der Waals surface area contributed by atoms with Crippen molar-refractivity contribution in [3.63, 3.8) is 0 Å². The van der Waals surface area contributed by atoms with Gasteiger partial charge in [-0.2, -0.15) is 0 Å². The molecule has 3 N–H and O–H groups in total. The van der Waals surface area contributed by atoms with Crippen LogP contribution in [0.4, 0.5) is 0 Å². The normalized spacial score (nSPS) is 14.6. The number of hydrogen-bond donors (Lipinski definition) is 2. The summed E-state index contributed by atoms with van der Waals surface area (Å²) < 4.78 is 0. The number of aliphatic imine (C=N–C) groups is 1. The van der Waals surface area contributed by atoms with Gasteiger partial charge < -0.3 is 11.1 Å². The highest BCUT2D eigenvalue weighted by Gasteiger charge is 2.26. The molecule has 2 unspecified atom stereocenters. The van der Waals surface area contributed by atoms with Crippen molar-refractivity contribution in [1.82, 2.24) is 5.32 Å². The van der Waals surface area contributed by atoms with Crippen molar-refractivity contribution < 1.29 is 4.79 Å². The fourth-order valence-electron chi connectivity index (χ4n) is 6.76. The quantitative estimate of drug-likeness (QED) is 0.0748. The zero-order valence-corrected chi connectivity index (χ0v) is 28.7. The summed E-state index contributed by atoms with van der Waals surface area (Å²) in [5.41, 5.74) is 5.99. The lowest BCUT2D eigenvalue weighted by molar-refractivity contribution is -0.123. The van der Waals surface area contributed by atoms with Crippen LogP contribution in [0.1, 0.15) is 200 Å². The first-order chi connectivity index (χ1) is 20.7. The van der Waals surface area contributed by atoms with Gasteiger partial charge in [-0.3, -0.25) is 9.79 Å². The molecular weight excluding hydrogens is 514 g/mol. The topological polar surface area (TPSA) is 67.5 Å². The zero-order chi connectivity index (χ0) is 30.4. The molecule has 248 valence electrons. The van der Waals surface area contributed by atoms with E-state index in [9.17, 15) is 4.79 Å². The molecule has 4 heteroatoms. The van der Waals surface area contributed by atoms with Gasteiger partial charge in [-0.1, -0.05) is 168 Å². The van der Waals surface area contributed by atoms with Crippen molar-refractivity contribution in [1.29, 1.82) is 0 Å². The van der Waals surface area contributed by atoms with Gasteiger partial charge in [-0.15, -0.1) is 0 Å². The van der Waals surface area contributed by atoms with Crippen LogP contribution < -0.4 is 11.1 Å². The van der Waals surface area contributed by atoms with Crippen LogP contribution in [-0.2, 0) is 4.79 Å². The molecule has 0 radical (unpaired) electrons. The van der Waals surface area contributed by atoms with E-state index in [1.807, 2.05) is 0 Å². The van der Waals surface area contributed by atoms with Gasteiger partial charge in [0, 0.05) is 24.8 Å². The average Bonchev–Trinajstić information content (AvgIpc) is 3.54. The van der Waals surface area contributed by atoms with Crippen molar-refractivity contribution in [2.45, 2.75) is 200 Å².